The van der Waals surface area contributed by atoms with E-state index in [1.54, 1.807) is 30.3 Å². The van der Waals surface area contributed by atoms with E-state index in [9.17, 15) is 13.7 Å². The lowest BCUT2D eigenvalue weighted by Crippen LogP contribution is -2.28. The van der Waals surface area contributed by atoms with Gasteiger partial charge in [0.25, 0.3) is 0 Å². The van der Waals surface area contributed by atoms with Crippen LogP contribution in [0.2, 0.25) is 0 Å². The molecule has 26 heavy (non-hydrogen) atoms. The molecule has 1 unspecified atom stereocenters. The average Bonchev–Trinajstić information content (AvgIpc) is 3.08. The molecule has 1 aliphatic heterocycles. The first-order valence-corrected chi connectivity index (χ1v) is 9.79. The molecular weight excluding hydrogens is 344 g/mol. The largest absolute Gasteiger partial charge is 0.243 e. The summed E-state index contributed by atoms with van der Waals surface area (Å²) < 4.78 is 27.4. The van der Waals surface area contributed by atoms with Crippen LogP contribution in [0, 0.1) is 24.2 Å². The van der Waals surface area contributed by atoms with E-state index in [0.29, 0.717) is 12.1 Å². The minimum absolute atomic E-state index is 0.176. The van der Waals surface area contributed by atoms with Crippen molar-refractivity contribution < 1.29 is 8.42 Å². The number of aryl methyl sites for hydroxylation is 1. The first-order chi connectivity index (χ1) is 12.5. The second kappa shape index (κ2) is 7.28. The Balaban J connectivity index is 2.02. The number of nitrogens with zero attached hydrogens (tertiary/aromatic N) is 2. The van der Waals surface area contributed by atoms with E-state index >= 15 is 0 Å². The summed E-state index contributed by atoms with van der Waals surface area (Å²) in [5, 5.41) is 9.68. The normalized spacial score (nSPS) is 19.8. The molecule has 5 heteroatoms. The van der Waals surface area contributed by atoms with Gasteiger partial charge in [-0.15, -0.1) is 6.58 Å². The predicted octanol–water partition coefficient (Wildman–Crippen LogP) is 3.78. The molecule has 0 saturated carbocycles. The monoisotopic (exact) mass is 364 g/mol. The summed E-state index contributed by atoms with van der Waals surface area (Å²) in [6.45, 7) is 6.25. The van der Waals surface area contributed by atoms with Crippen LogP contribution in [0.1, 0.15) is 11.1 Å². The van der Waals surface area contributed by atoms with Crippen molar-refractivity contribution in [3.05, 3.63) is 84.0 Å². The zero-order chi connectivity index (χ0) is 18.7. The zero-order valence-corrected chi connectivity index (χ0v) is 15.4. The van der Waals surface area contributed by atoms with Crippen LogP contribution in [0.5, 0.6) is 0 Å². The molecule has 0 aromatic heterocycles. The van der Waals surface area contributed by atoms with Crippen LogP contribution in [0.4, 0.5) is 0 Å². The van der Waals surface area contributed by atoms with Crippen molar-refractivity contribution >= 4 is 15.6 Å². The van der Waals surface area contributed by atoms with Gasteiger partial charge in [-0.05, 0) is 30.2 Å². The van der Waals surface area contributed by atoms with Crippen molar-refractivity contribution in [1.82, 2.24) is 4.31 Å². The molecule has 4 nitrogen and oxygen atoms in total. The molecule has 3 rings (SSSR count). The van der Waals surface area contributed by atoms with Crippen molar-refractivity contribution in [3.8, 4) is 6.07 Å². The molecule has 0 bridgehead atoms. The van der Waals surface area contributed by atoms with Gasteiger partial charge in [0.2, 0.25) is 10.0 Å². The number of hydrogen-bond donors (Lipinski definition) is 0. The van der Waals surface area contributed by atoms with E-state index in [2.05, 4.69) is 12.6 Å². The fourth-order valence-corrected chi connectivity index (χ4v) is 4.60. The first-order valence-electron chi connectivity index (χ1n) is 8.35. The Labute approximate surface area is 154 Å². The minimum atomic E-state index is -3.61. The summed E-state index contributed by atoms with van der Waals surface area (Å²) in [6.07, 6.45) is 1.72. The third-order valence-electron chi connectivity index (χ3n) is 4.63. The fraction of sp³-hybridized carbons (Fsp3) is 0.190. The quantitative estimate of drug-likeness (QED) is 0.613. The van der Waals surface area contributed by atoms with Gasteiger partial charge in [0, 0.05) is 19.0 Å². The molecule has 0 aliphatic carbocycles. The van der Waals surface area contributed by atoms with Crippen molar-refractivity contribution in [2.45, 2.75) is 11.8 Å². The Kier molecular flexibility index (Phi) is 5.08. The van der Waals surface area contributed by atoms with Crippen LogP contribution in [-0.2, 0) is 10.0 Å². The fourth-order valence-electron chi connectivity index (χ4n) is 3.15. The van der Waals surface area contributed by atoms with E-state index < -0.39 is 10.0 Å². The highest BCUT2D eigenvalue weighted by Gasteiger charge is 2.36. The Hall–Kier alpha value is -2.68. The summed E-state index contributed by atoms with van der Waals surface area (Å²) in [7, 11) is -3.61. The van der Waals surface area contributed by atoms with Crippen LogP contribution in [0.15, 0.2) is 77.7 Å². The number of nitriles is 1. The van der Waals surface area contributed by atoms with Gasteiger partial charge in [0.05, 0.1) is 16.5 Å². The van der Waals surface area contributed by atoms with Crippen molar-refractivity contribution in [3.63, 3.8) is 0 Å². The molecule has 1 fully saturated rings. The summed E-state index contributed by atoms with van der Waals surface area (Å²) in [5.74, 6) is -0.176. The Bertz CT molecular complexity index is 985. The smallest absolute Gasteiger partial charge is 0.207 e. The number of sulfonamides is 1. The molecule has 2 aromatic carbocycles. The van der Waals surface area contributed by atoms with Gasteiger partial charge in [0.1, 0.15) is 0 Å². The maximum absolute atomic E-state index is 13.0. The molecule has 0 amide bonds. The van der Waals surface area contributed by atoms with Gasteiger partial charge in [-0.25, -0.2) is 8.42 Å². The van der Waals surface area contributed by atoms with E-state index in [-0.39, 0.29) is 17.4 Å². The highest BCUT2D eigenvalue weighted by atomic mass is 32.2. The van der Waals surface area contributed by atoms with Crippen LogP contribution in [-0.4, -0.2) is 25.8 Å². The standard InChI is InChI=1S/C21H20N2O2S/c1-3-17-14-23(26(24,25)19-11-9-16(2)10-12-19)15-21(17)20(13-22)18-7-5-4-6-8-18/h3-12,17H,1,14-15H2,2H3/b21-20-. The van der Waals surface area contributed by atoms with Gasteiger partial charge >= 0.3 is 0 Å². The van der Waals surface area contributed by atoms with Crippen molar-refractivity contribution in [2.24, 2.45) is 5.92 Å². The molecular formula is C21H20N2O2S. The summed E-state index contributed by atoms with van der Waals surface area (Å²) >= 11 is 0. The van der Waals surface area contributed by atoms with Gasteiger partial charge in [-0.2, -0.15) is 9.57 Å². The second-order valence-corrected chi connectivity index (χ2v) is 8.27. The Morgan fingerprint density at radius 2 is 1.85 bits per heavy atom. The lowest BCUT2D eigenvalue weighted by atomic mass is 9.94. The van der Waals surface area contributed by atoms with Crippen LogP contribution >= 0.6 is 0 Å². The topological polar surface area (TPSA) is 61.2 Å². The number of rotatable bonds is 4. The van der Waals surface area contributed by atoms with E-state index in [0.717, 1.165) is 16.7 Å². The van der Waals surface area contributed by atoms with Gasteiger partial charge < -0.3 is 0 Å². The molecule has 1 atom stereocenters. The van der Waals surface area contributed by atoms with Crippen molar-refractivity contribution in [2.75, 3.05) is 13.1 Å². The van der Waals surface area contributed by atoms with Crippen LogP contribution in [0.3, 0.4) is 0 Å². The SMILES string of the molecule is C=CC1CN(S(=O)(=O)c2ccc(C)cc2)C/C1=C(\C#N)c1ccccc1. The van der Waals surface area contributed by atoms with Gasteiger partial charge in [0.15, 0.2) is 0 Å². The third-order valence-corrected chi connectivity index (χ3v) is 6.46. The molecule has 0 radical (unpaired) electrons. The first kappa shape index (κ1) is 18.1. The predicted molar refractivity (Wildman–Crippen MR) is 103 cm³/mol. The van der Waals surface area contributed by atoms with E-state index in [1.807, 2.05) is 37.3 Å². The Morgan fingerprint density at radius 3 is 2.42 bits per heavy atom. The molecule has 0 N–H and O–H groups in total. The highest BCUT2D eigenvalue weighted by molar-refractivity contribution is 7.89. The maximum Gasteiger partial charge on any atom is 0.243 e. The lowest BCUT2D eigenvalue weighted by Gasteiger charge is -2.15. The molecule has 1 saturated heterocycles. The van der Waals surface area contributed by atoms with Crippen molar-refractivity contribution in [1.29, 1.82) is 5.26 Å². The maximum atomic E-state index is 13.0. The van der Waals surface area contributed by atoms with Crippen LogP contribution in [0.25, 0.3) is 5.57 Å². The summed E-state index contributed by atoms with van der Waals surface area (Å²) in [5.41, 5.74) is 3.12. The summed E-state index contributed by atoms with van der Waals surface area (Å²) in [4.78, 5) is 0.269. The molecule has 0 spiro atoms. The Morgan fingerprint density at radius 1 is 1.19 bits per heavy atom. The zero-order valence-electron chi connectivity index (χ0n) is 14.6. The minimum Gasteiger partial charge on any atom is -0.207 e. The number of hydrogen-bond acceptors (Lipinski definition) is 3. The molecule has 1 heterocycles. The third kappa shape index (κ3) is 3.34. The van der Waals surface area contributed by atoms with Gasteiger partial charge in [-0.1, -0.05) is 54.1 Å². The molecule has 132 valence electrons. The van der Waals surface area contributed by atoms with E-state index in [1.165, 1.54) is 4.31 Å². The highest BCUT2D eigenvalue weighted by Crippen LogP contribution is 2.34. The average molecular weight is 364 g/mol. The molecule has 1 aliphatic rings. The second-order valence-electron chi connectivity index (χ2n) is 6.33. The van der Waals surface area contributed by atoms with Crippen LogP contribution < -0.4 is 0 Å². The van der Waals surface area contributed by atoms with E-state index in [4.69, 9.17) is 0 Å². The lowest BCUT2D eigenvalue weighted by molar-refractivity contribution is 0.471. The number of benzene rings is 2. The number of allylic oxidation sites excluding steroid dienone is 1. The van der Waals surface area contributed by atoms with Gasteiger partial charge in [-0.3, -0.25) is 0 Å². The molecule has 2 aromatic rings. The summed E-state index contributed by atoms with van der Waals surface area (Å²) in [6, 6.07) is 18.4.